The molecular formula is C14H28NO6P. The van der Waals surface area contributed by atoms with Crippen molar-refractivity contribution in [1.29, 1.82) is 0 Å². The third-order valence-corrected chi connectivity index (χ3v) is 5.14. The van der Waals surface area contributed by atoms with Crippen LogP contribution in [0.25, 0.3) is 0 Å². The molecule has 5 N–H and O–H groups in total. The van der Waals surface area contributed by atoms with Crippen molar-refractivity contribution in [3.8, 4) is 0 Å². The molecule has 0 fully saturated rings. The minimum Gasteiger partial charge on any atom is -0.382 e. The number of Topliss-reactive ketones (excluding diaryl/α,β-unsaturated/α-hetero) is 2. The Morgan fingerprint density at radius 2 is 1.50 bits per heavy atom. The smallest absolute Gasteiger partial charge is 0.356 e. The summed E-state index contributed by atoms with van der Waals surface area (Å²) >= 11 is 0. The topological polar surface area (TPSA) is 138 Å². The van der Waals surface area contributed by atoms with Crippen LogP contribution in [0, 0.1) is 0 Å². The fourth-order valence-corrected chi connectivity index (χ4v) is 3.04. The minimum atomic E-state index is -5.18. The van der Waals surface area contributed by atoms with Gasteiger partial charge >= 0.3 is 7.60 Å². The molecule has 0 aliphatic carbocycles. The molecule has 7 nitrogen and oxygen atoms in total. The molecule has 2 atom stereocenters. The van der Waals surface area contributed by atoms with Gasteiger partial charge in [-0.25, -0.2) is 0 Å². The van der Waals surface area contributed by atoms with Crippen molar-refractivity contribution in [2.75, 3.05) is 0 Å². The summed E-state index contributed by atoms with van der Waals surface area (Å²) in [6.07, 6.45) is 1.59. The molecule has 0 aromatic carbocycles. The zero-order chi connectivity index (χ0) is 17.4. The second kappa shape index (κ2) is 9.53. The molecule has 8 heteroatoms. The van der Waals surface area contributed by atoms with Gasteiger partial charge in [-0.05, 0) is 12.8 Å². The van der Waals surface area contributed by atoms with Gasteiger partial charge in [-0.2, -0.15) is 0 Å². The quantitative estimate of drug-likeness (QED) is 0.312. The molecule has 0 aromatic rings. The lowest BCUT2D eigenvalue weighted by atomic mass is 9.96. The molecule has 0 spiro atoms. The highest BCUT2D eigenvalue weighted by molar-refractivity contribution is 7.55. The highest BCUT2D eigenvalue weighted by Crippen LogP contribution is 2.50. The van der Waals surface area contributed by atoms with E-state index in [0.717, 1.165) is 19.3 Å². The summed E-state index contributed by atoms with van der Waals surface area (Å²) in [4.78, 5) is 42.9. The monoisotopic (exact) mass is 337 g/mol. The Morgan fingerprint density at radius 3 is 1.91 bits per heavy atom. The maximum Gasteiger partial charge on any atom is 0.356 e. The number of nitrogens with two attached hydrogens (primary N) is 1. The molecule has 0 saturated carbocycles. The molecule has 2 unspecified atom stereocenters. The molecule has 0 heterocycles. The molecule has 0 radical (unpaired) electrons. The number of aliphatic hydroxyl groups is 1. The van der Waals surface area contributed by atoms with E-state index in [1.165, 1.54) is 0 Å². The van der Waals surface area contributed by atoms with Crippen molar-refractivity contribution in [2.45, 2.75) is 76.6 Å². The molecular weight excluding hydrogens is 309 g/mol. The number of aliphatic hydroxyl groups excluding tert-OH is 1. The van der Waals surface area contributed by atoms with E-state index in [1.54, 1.807) is 0 Å². The third-order valence-electron chi connectivity index (χ3n) is 3.68. The first kappa shape index (κ1) is 21.4. The Bertz CT molecular complexity index is 422. The number of carbonyl (C=O) groups excluding carboxylic acids is 2. The zero-order valence-electron chi connectivity index (χ0n) is 13.3. The Balaban J connectivity index is 5.13. The molecule has 0 bridgehead atoms. The van der Waals surface area contributed by atoms with E-state index in [2.05, 4.69) is 0 Å². The largest absolute Gasteiger partial charge is 0.382 e. The van der Waals surface area contributed by atoms with Crippen LogP contribution in [0.4, 0.5) is 0 Å². The summed E-state index contributed by atoms with van der Waals surface area (Å²) in [5, 5.41) is 7.17. The van der Waals surface area contributed by atoms with Crippen molar-refractivity contribution >= 4 is 19.2 Å². The second-order valence-corrected chi connectivity index (χ2v) is 7.40. The van der Waals surface area contributed by atoms with Crippen molar-refractivity contribution in [3.05, 3.63) is 0 Å². The van der Waals surface area contributed by atoms with E-state index in [0.29, 0.717) is 19.3 Å². The van der Waals surface area contributed by atoms with Gasteiger partial charge in [0.15, 0.2) is 11.6 Å². The number of rotatable bonds is 12. The van der Waals surface area contributed by atoms with Crippen LogP contribution in [0.5, 0.6) is 0 Å². The summed E-state index contributed by atoms with van der Waals surface area (Å²) in [5.41, 5.74) is 5.57. The molecule has 0 rings (SSSR count). The molecule has 0 aromatic heterocycles. The van der Waals surface area contributed by atoms with Crippen molar-refractivity contribution in [2.24, 2.45) is 5.73 Å². The lowest BCUT2D eigenvalue weighted by Crippen LogP contribution is -2.59. The Kier molecular flexibility index (Phi) is 9.27. The van der Waals surface area contributed by atoms with Crippen molar-refractivity contribution in [1.82, 2.24) is 0 Å². The minimum absolute atomic E-state index is 0.0593. The lowest BCUT2D eigenvalue weighted by molar-refractivity contribution is -0.136. The van der Waals surface area contributed by atoms with Gasteiger partial charge in [0.25, 0.3) is 0 Å². The SMILES string of the molecule is CCCCCC(=O)C(O)C(N)(C(=O)CCCCC)P(=O)(O)O. The van der Waals surface area contributed by atoms with Crippen molar-refractivity contribution < 1.29 is 29.0 Å². The molecule has 0 aliphatic rings. The summed E-state index contributed by atoms with van der Waals surface area (Å²) < 4.78 is 11.6. The first-order chi connectivity index (χ1) is 10.1. The fraction of sp³-hybridized carbons (Fsp3) is 0.857. The van der Waals surface area contributed by atoms with Crippen LogP contribution >= 0.6 is 7.60 Å². The lowest BCUT2D eigenvalue weighted by Gasteiger charge is -2.32. The van der Waals surface area contributed by atoms with E-state index in [9.17, 15) is 29.0 Å². The number of carbonyl (C=O) groups is 2. The Labute approximate surface area is 131 Å². The Morgan fingerprint density at radius 1 is 1.05 bits per heavy atom. The summed E-state index contributed by atoms with van der Waals surface area (Å²) in [5.74, 6) is -1.77. The first-order valence-electron chi connectivity index (χ1n) is 7.71. The third kappa shape index (κ3) is 5.56. The molecule has 0 aliphatic heterocycles. The maximum absolute atomic E-state index is 12.1. The van der Waals surface area contributed by atoms with E-state index in [1.807, 2.05) is 13.8 Å². The average Bonchev–Trinajstić information content (AvgIpc) is 2.44. The van der Waals surface area contributed by atoms with Gasteiger partial charge in [-0.15, -0.1) is 0 Å². The van der Waals surface area contributed by atoms with E-state index in [-0.39, 0.29) is 12.8 Å². The van der Waals surface area contributed by atoms with Gasteiger partial charge in [0.2, 0.25) is 5.28 Å². The maximum atomic E-state index is 12.1. The van der Waals surface area contributed by atoms with Crippen LogP contribution in [-0.4, -0.2) is 37.8 Å². The van der Waals surface area contributed by atoms with Crippen LogP contribution in [0.1, 0.15) is 65.2 Å². The number of ketones is 2. The normalized spacial score (nSPS) is 16.1. The first-order valence-corrected chi connectivity index (χ1v) is 9.32. The zero-order valence-corrected chi connectivity index (χ0v) is 14.2. The summed E-state index contributed by atoms with van der Waals surface area (Å²) in [6.45, 7) is 3.84. The van der Waals surface area contributed by atoms with Gasteiger partial charge < -0.3 is 20.6 Å². The average molecular weight is 337 g/mol. The van der Waals surface area contributed by atoms with Gasteiger partial charge in [-0.1, -0.05) is 39.5 Å². The van der Waals surface area contributed by atoms with Gasteiger partial charge in [0.05, 0.1) is 0 Å². The molecule has 0 saturated heterocycles. The molecule has 130 valence electrons. The Hall–Kier alpha value is -0.590. The predicted octanol–water partition coefficient (Wildman–Crippen LogP) is 1.48. The fourth-order valence-electron chi connectivity index (χ4n) is 2.14. The molecule has 0 amide bonds. The highest BCUT2D eigenvalue weighted by atomic mass is 31.2. The van der Waals surface area contributed by atoms with Crippen LogP contribution in [-0.2, 0) is 14.2 Å². The van der Waals surface area contributed by atoms with E-state index in [4.69, 9.17) is 5.73 Å². The van der Waals surface area contributed by atoms with Crippen LogP contribution in [0.15, 0.2) is 0 Å². The number of unbranched alkanes of at least 4 members (excludes halogenated alkanes) is 4. The predicted molar refractivity (Wildman–Crippen MR) is 83.3 cm³/mol. The van der Waals surface area contributed by atoms with Gasteiger partial charge in [0, 0.05) is 12.8 Å². The summed E-state index contributed by atoms with van der Waals surface area (Å²) in [6, 6.07) is 0. The summed E-state index contributed by atoms with van der Waals surface area (Å²) in [7, 11) is -5.18. The van der Waals surface area contributed by atoms with Gasteiger partial charge in [0.1, 0.15) is 6.10 Å². The standard InChI is InChI=1S/C14H28NO6P/c1-3-5-7-9-11(16)13(18)14(15,22(19,20)21)12(17)10-8-6-4-2/h13,18H,3-10,15H2,1-2H3,(H2,19,20,21). The molecule has 22 heavy (non-hydrogen) atoms. The van der Waals surface area contributed by atoms with E-state index < -0.39 is 30.5 Å². The van der Waals surface area contributed by atoms with Crippen molar-refractivity contribution in [3.63, 3.8) is 0 Å². The van der Waals surface area contributed by atoms with Gasteiger partial charge in [-0.3, -0.25) is 14.2 Å². The van der Waals surface area contributed by atoms with Crippen LogP contribution in [0.2, 0.25) is 0 Å². The van der Waals surface area contributed by atoms with Crippen LogP contribution < -0.4 is 5.73 Å². The highest BCUT2D eigenvalue weighted by Gasteiger charge is 2.57. The number of hydrogen-bond donors (Lipinski definition) is 4. The number of hydrogen-bond acceptors (Lipinski definition) is 5. The van der Waals surface area contributed by atoms with Crippen LogP contribution in [0.3, 0.4) is 0 Å². The second-order valence-electron chi connectivity index (χ2n) is 5.58. The van der Waals surface area contributed by atoms with E-state index >= 15 is 0 Å².